The molecule has 4 rings (SSSR count). The van der Waals surface area contributed by atoms with Crippen LogP contribution >= 0.6 is 0 Å². The Morgan fingerprint density at radius 2 is 1.97 bits per heavy atom. The summed E-state index contributed by atoms with van der Waals surface area (Å²) in [5.41, 5.74) is 2.27. The van der Waals surface area contributed by atoms with Crippen LogP contribution in [0.2, 0.25) is 0 Å². The number of anilines is 1. The van der Waals surface area contributed by atoms with Gasteiger partial charge in [0.05, 0.1) is 24.9 Å². The summed E-state index contributed by atoms with van der Waals surface area (Å²) in [6.45, 7) is 6.07. The average Bonchev–Trinajstić information content (AvgIpc) is 3.44. The zero-order chi connectivity index (χ0) is 22.0. The summed E-state index contributed by atoms with van der Waals surface area (Å²) in [5, 5.41) is 15.8. The van der Waals surface area contributed by atoms with Crippen LogP contribution in [0.3, 0.4) is 0 Å². The van der Waals surface area contributed by atoms with E-state index < -0.39 is 0 Å². The van der Waals surface area contributed by atoms with Gasteiger partial charge in [0.15, 0.2) is 0 Å². The van der Waals surface area contributed by atoms with E-state index in [9.17, 15) is 14.9 Å². The summed E-state index contributed by atoms with van der Waals surface area (Å²) < 4.78 is 7.38. The quantitative estimate of drug-likeness (QED) is 0.712. The molecule has 0 bridgehead atoms. The van der Waals surface area contributed by atoms with Crippen molar-refractivity contribution in [2.45, 2.75) is 52.1 Å². The van der Waals surface area contributed by atoms with Gasteiger partial charge in [0, 0.05) is 30.7 Å². The number of rotatable bonds is 7. The highest BCUT2D eigenvalue weighted by atomic mass is 16.3. The van der Waals surface area contributed by atoms with Gasteiger partial charge in [-0.25, -0.2) is 0 Å². The summed E-state index contributed by atoms with van der Waals surface area (Å²) in [5.74, 6) is 1.54. The predicted molar refractivity (Wildman–Crippen MR) is 115 cm³/mol. The molecule has 0 atom stereocenters. The molecule has 2 aromatic heterocycles. The molecule has 1 saturated heterocycles. The molecule has 2 fully saturated rings. The first-order valence-electron chi connectivity index (χ1n) is 10.9. The molecule has 2 amide bonds. The van der Waals surface area contributed by atoms with Crippen molar-refractivity contribution in [3.8, 4) is 6.07 Å². The molecule has 1 aliphatic heterocycles. The van der Waals surface area contributed by atoms with Crippen molar-refractivity contribution in [3.63, 3.8) is 0 Å². The smallest absolute Gasteiger partial charge is 0.239 e. The van der Waals surface area contributed by atoms with Gasteiger partial charge < -0.3 is 19.6 Å². The number of nitrogens with one attached hydrogen (secondary N) is 2. The Morgan fingerprint density at radius 3 is 2.58 bits per heavy atom. The number of nitrogens with zero attached hydrogens (tertiary/aromatic N) is 3. The number of likely N-dealkylation sites (tertiary alicyclic amines) is 1. The molecule has 0 radical (unpaired) electrons. The van der Waals surface area contributed by atoms with Gasteiger partial charge in [0.25, 0.3) is 0 Å². The lowest BCUT2D eigenvalue weighted by atomic mass is 10.0. The van der Waals surface area contributed by atoms with E-state index in [1.165, 1.54) is 0 Å². The molecule has 164 valence electrons. The van der Waals surface area contributed by atoms with E-state index in [-0.39, 0.29) is 30.3 Å². The van der Waals surface area contributed by atoms with Crippen molar-refractivity contribution < 1.29 is 14.0 Å². The Kier molecular flexibility index (Phi) is 6.14. The zero-order valence-corrected chi connectivity index (χ0v) is 18.1. The minimum absolute atomic E-state index is 0.143. The van der Waals surface area contributed by atoms with Gasteiger partial charge >= 0.3 is 0 Å². The molecule has 2 aliphatic rings. The zero-order valence-electron chi connectivity index (χ0n) is 18.1. The first kappa shape index (κ1) is 21.2. The van der Waals surface area contributed by atoms with Crippen molar-refractivity contribution in [3.05, 3.63) is 41.0 Å². The Hall–Kier alpha value is -3.05. The van der Waals surface area contributed by atoms with Crippen LogP contribution in [0.15, 0.2) is 22.8 Å². The van der Waals surface area contributed by atoms with Gasteiger partial charge in [-0.1, -0.05) is 0 Å². The van der Waals surface area contributed by atoms with Crippen LogP contribution in [0.5, 0.6) is 0 Å². The fourth-order valence-electron chi connectivity index (χ4n) is 4.16. The van der Waals surface area contributed by atoms with Gasteiger partial charge in [-0.2, -0.15) is 5.26 Å². The first-order valence-corrected chi connectivity index (χ1v) is 10.9. The van der Waals surface area contributed by atoms with Crippen LogP contribution in [-0.2, 0) is 16.1 Å². The number of carbonyl (C=O) groups excluding carboxylic acids is 2. The lowest BCUT2D eigenvalue weighted by Gasteiger charge is -2.31. The highest BCUT2D eigenvalue weighted by Crippen LogP contribution is 2.29. The summed E-state index contributed by atoms with van der Waals surface area (Å²) in [7, 11) is 0. The van der Waals surface area contributed by atoms with Gasteiger partial charge in [-0.3, -0.25) is 14.5 Å². The molecular formula is C23H29N5O3. The van der Waals surface area contributed by atoms with Crippen molar-refractivity contribution in [2.75, 3.05) is 25.0 Å². The highest BCUT2D eigenvalue weighted by Gasteiger charge is 2.32. The number of hydrogen-bond donors (Lipinski definition) is 2. The van der Waals surface area contributed by atoms with E-state index in [0.29, 0.717) is 17.9 Å². The number of piperidine rings is 1. The monoisotopic (exact) mass is 423 g/mol. The third-order valence-electron chi connectivity index (χ3n) is 6.34. The number of nitriles is 1. The molecule has 31 heavy (non-hydrogen) atoms. The Labute approximate surface area is 182 Å². The maximum absolute atomic E-state index is 12.8. The van der Waals surface area contributed by atoms with E-state index >= 15 is 0 Å². The molecular weight excluding hydrogens is 394 g/mol. The molecule has 2 N–H and O–H groups in total. The third kappa shape index (κ3) is 4.83. The lowest BCUT2D eigenvalue weighted by Crippen LogP contribution is -2.47. The SMILES string of the molecule is Cc1c(C#N)c(NC(=O)CN2CCC(NC(=O)C3CC3)CC2)n(Cc2ccco2)c1C. The lowest BCUT2D eigenvalue weighted by molar-refractivity contribution is -0.123. The summed E-state index contributed by atoms with van der Waals surface area (Å²) in [6.07, 6.45) is 5.33. The largest absolute Gasteiger partial charge is 0.467 e. The fourth-order valence-corrected chi connectivity index (χ4v) is 4.16. The standard InChI is InChI=1S/C23H29N5O3/c1-15-16(2)28(13-19-4-3-11-31-19)22(20(15)12-24)26-21(29)14-27-9-7-18(8-10-27)25-23(30)17-5-6-17/h3-4,11,17-18H,5-10,13-14H2,1-2H3,(H,25,30)(H,26,29). The minimum Gasteiger partial charge on any atom is -0.467 e. The molecule has 1 saturated carbocycles. The number of carbonyl (C=O) groups is 2. The number of hydrogen-bond acceptors (Lipinski definition) is 5. The van der Waals surface area contributed by atoms with Crippen LogP contribution in [0.1, 0.15) is 48.3 Å². The summed E-state index contributed by atoms with van der Waals surface area (Å²) in [4.78, 5) is 26.9. The van der Waals surface area contributed by atoms with Crippen LogP contribution in [0.25, 0.3) is 0 Å². The van der Waals surface area contributed by atoms with Crippen LogP contribution in [0.4, 0.5) is 5.82 Å². The van der Waals surface area contributed by atoms with Crippen LogP contribution in [-0.4, -0.2) is 47.0 Å². The molecule has 0 spiro atoms. The average molecular weight is 424 g/mol. The van der Waals surface area contributed by atoms with Crippen molar-refractivity contribution in [1.29, 1.82) is 5.26 Å². The number of aromatic nitrogens is 1. The molecule has 0 unspecified atom stereocenters. The van der Waals surface area contributed by atoms with Crippen LogP contribution in [0, 0.1) is 31.1 Å². The topological polar surface area (TPSA) is 103 Å². The molecule has 1 aliphatic carbocycles. The van der Waals surface area contributed by atoms with Crippen LogP contribution < -0.4 is 10.6 Å². The van der Waals surface area contributed by atoms with E-state index in [1.54, 1.807) is 6.26 Å². The second-order valence-corrected chi connectivity index (χ2v) is 8.59. The number of amides is 2. The van der Waals surface area contributed by atoms with E-state index in [2.05, 4.69) is 21.6 Å². The summed E-state index contributed by atoms with van der Waals surface area (Å²) in [6, 6.07) is 6.13. The van der Waals surface area contributed by atoms with E-state index in [0.717, 1.165) is 55.8 Å². The van der Waals surface area contributed by atoms with E-state index in [4.69, 9.17) is 4.42 Å². The molecule has 0 aromatic carbocycles. The third-order valence-corrected chi connectivity index (χ3v) is 6.34. The fraction of sp³-hybridized carbons (Fsp3) is 0.522. The van der Waals surface area contributed by atoms with Gasteiger partial charge in [0.1, 0.15) is 17.6 Å². The number of furan rings is 1. The van der Waals surface area contributed by atoms with E-state index in [1.807, 2.05) is 30.5 Å². The normalized spacial score (nSPS) is 17.3. The highest BCUT2D eigenvalue weighted by molar-refractivity contribution is 5.93. The van der Waals surface area contributed by atoms with Crippen molar-refractivity contribution >= 4 is 17.6 Å². The summed E-state index contributed by atoms with van der Waals surface area (Å²) >= 11 is 0. The van der Waals surface area contributed by atoms with Gasteiger partial charge in [-0.15, -0.1) is 0 Å². The molecule has 8 heteroatoms. The maximum atomic E-state index is 12.8. The second kappa shape index (κ2) is 8.98. The predicted octanol–water partition coefficient (Wildman–Crippen LogP) is 2.55. The first-order chi connectivity index (χ1) is 15.0. The second-order valence-electron chi connectivity index (χ2n) is 8.59. The van der Waals surface area contributed by atoms with Gasteiger partial charge in [0.2, 0.25) is 11.8 Å². The molecule has 8 nitrogen and oxygen atoms in total. The minimum atomic E-state index is -0.143. The Balaban J connectivity index is 1.36. The van der Waals surface area contributed by atoms with Gasteiger partial charge in [-0.05, 0) is 57.2 Å². The van der Waals surface area contributed by atoms with Crippen molar-refractivity contribution in [2.24, 2.45) is 5.92 Å². The van der Waals surface area contributed by atoms with Crippen molar-refractivity contribution in [1.82, 2.24) is 14.8 Å². The Bertz CT molecular complexity index is 990. The Morgan fingerprint density at radius 1 is 1.23 bits per heavy atom. The maximum Gasteiger partial charge on any atom is 0.239 e. The molecule has 3 heterocycles. The molecule has 2 aromatic rings.